The van der Waals surface area contributed by atoms with Gasteiger partial charge < -0.3 is 0 Å². The highest BCUT2D eigenvalue weighted by atomic mass is 14.4. The van der Waals surface area contributed by atoms with Gasteiger partial charge in [-0.1, -0.05) is 272 Å². The summed E-state index contributed by atoms with van der Waals surface area (Å²) in [5.74, 6) is 0. The summed E-state index contributed by atoms with van der Waals surface area (Å²) in [5.41, 5.74) is 30.9. The highest BCUT2D eigenvalue weighted by Crippen LogP contribution is 2.57. The Balaban J connectivity index is 0.756. The zero-order valence-electron chi connectivity index (χ0n) is 48.9. The topological polar surface area (TPSA) is 0 Å². The molecule has 0 nitrogen and oxygen atoms in total. The van der Waals surface area contributed by atoms with E-state index < -0.39 is 0 Å². The lowest BCUT2D eigenvalue weighted by atomic mass is 9.78. The molecule has 0 atom stereocenters. The fraction of sp³-hybridized carbons (Fsp3) is 0.106. The summed E-state index contributed by atoms with van der Waals surface area (Å²) in [7, 11) is 0. The molecule has 0 heterocycles. The van der Waals surface area contributed by atoms with E-state index in [0.717, 1.165) is 0 Å². The van der Waals surface area contributed by atoms with Crippen LogP contribution in [0.1, 0.15) is 74.9 Å². The van der Waals surface area contributed by atoms with Crippen molar-refractivity contribution in [3.63, 3.8) is 0 Å². The van der Waals surface area contributed by atoms with E-state index in [1.54, 1.807) is 0 Å². The van der Waals surface area contributed by atoms with E-state index in [9.17, 15) is 0 Å². The number of fused-ring (bicyclic) bond motifs is 13. The average molecular weight is 1080 g/mol. The number of rotatable bonds is 6. The Morgan fingerprint density at radius 2 is 0.341 bits per heavy atom. The summed E-state index contributed by atoms with van der Waals surface area (Å²) in [6.45, 7) is 14.5. The van der Waals surface area contributed by atoms with Crippen molar-refractivity contribution < 1.29 is 0 Å². The van der Waals surface area contributed by atoms with Crippen molar-refractivity contribution in [3.05, 3.63) is 300 Å². The molecule has 0 amide bonds. The molecule has 14 aromatic carbocycles. The molecule has 17 rings (SSSR count). The van der Waals surface area contributed by atoms with Gasteiger partial charge in [0.1, 0.15) is 0 Å². The third-order valence-corrected chi connectivity index (χ3v) is 20.3. The van der Waals surface area contributed by atoms with Crippen LogP contribution in [0.5, 0.6) is 0 Å². The van der Waals surface area contributed by atoms with Crippen LogP contribution in [0.25, 0.3) is 143 Å². The Morgan fingerprint density at radius 1 is 0.165 bits per heavy atom. The Kier molecular flexibility index (Phi) is 10.6. The minimum absolute atomic E-state index is 0.164. The first kappa shape index (κ1) is 49.7. The first-order valence-electron chi connectivity index (χ1n) is 30.3. The van der Waals surface area contributed by atoms with Gasteiger partial charge in [-0.3, -0.25) is 0 Å². The number of hydrogen-bond donors (Lipinski definition) is 0. The maximum atomic E-state index is 2.53. The Labute approximate surface area is 498 Å². The monoisotopic (exact) mass is 1080 g/mol. The molecule has 0 spiro atoms. The van der Waals surface area contributed by atoms with Crippen molar-refractivity contribution >= 4 is 43.1 Å². The van der Waals surface area contributed by atoms with Gasteiger partial charge in [0.15, 0.2) is 0 Å². The van der Waals surface area contributed by atoms with Crippen LogP contribution < -0.4 is 0 Å². The van der Waals surface area contributed by atoms with Gasteiger partial charge >= 0.3 is 0 Å². The van der Waals surface area contributed by atoms with Crippen molar-refractivity contribution in [2.24, 2.45) is 0 Å². The van der Waals surface area contributed by atoms with Gasteiger partial charge in [0, 0.05) is 16.2 Å². The molecule has 3 aliphatic carbocycles. The molecule has 0 bridgehead atoms. The summed E-state index contributed by atoms with van der Waals surface area (Å²) in [5, 5.41) is 10.2. The highest BCUT2D eigenvalue weighted by molar-refractivity contribution is 6.23. The average Bonchev–Trinajstić information content (AvgIpc) is 2.67. The number of hydrogen-bond acceptors (Lipinski definition) is 0. The highest BCUT2D eigenvalue weighted by Gasteiger charge is 2.39. The van der Waals surface area contributed by atoms with E-state index in [4.69, 9.17) is 0 Å². The van der Waals surface area contributed by atoms with Crippen LogP contribution in [-0.2, 0) is 16.2 Å². The summed E-state index contributed by atoms with van der Waals surface area (Å²) >= 11 is 0. The van der Waals surface area contributed by atoms with Crippen molar-refractivity contribution in [1.82, 2.24) is 0 Å². The first-order chi connectivity index (χ1) is 41.4. The van der Waals surface area contributed by atoms with Crippen LogP contribution in [0.3, 0.4) is 0 Å². The maximum absolute atomic E-state index is 2.53. The van der Waals surface area contributed by atoms with E-state index in [1.807, 2.05) is 0 Å². The Bertz CT molecular complexity index is 4740. The predicted octanol–water partition coefficient (Wildman–Crippen LogP) is 23.2. The van der Waals surface area contributed by atoms with Gasteiger partial charge in [0.25, 0.3) is 0 Å². The molecule has 0 aromatic heterocycles. The van der Waals surface area contributed by atoms with Crippen LogP contribution in [0.2, 0.25) is 0 Å². The summed E-state index contributed by atoms with van der Waals surface area (Å²) in [6.07, 6.45) is 0. The van der Waals surface area contributed by atoms with Gasteiger partial charge in [-0.15, -0.1) is 0 Å². The molecule has 0 unspecified atom stereocenters. The molecule has 0 heteroatoms. The minimum atomic E-state index is -0.263. The van der Waals surface area contributed by atoms with Crippen LogP contribution in [0.4, 0.5) is 0 Å². The Morgan fingerprint density at radius 3 is 0.553 bits per heavy atom. The predicted molar refractivity (Wildman–Crippen MR) is 362 cm³/mol. The second-order valence-electron chi connectivity index (χ2n) is 25.9. The van der Waals surface area contributed by atoms with Gasteiger partial charge in [-0.2, -0.15) is 0 Å². The fourth-order valence-corrected chi connectivity index (χ4v) is 16.0. The second-order valence-corrected chi connectivity index (χ2v) is 25.9. The maximum Gasteiger partial charge on any atom is 0.0159 e. The third kappa shape index (κ3) is 7.16. The molecule has 402 valence electrons. The third-order valence-electron chi connectivity index (χ3n) is 20.3. The standard InChI is InChI=1S/C85H62/c1-83(2)73-45-53(51-21-9-7-10-22-51)33-39-59(73)61-41-35-55(47-75(61)83)79-65-25-13-17-29-69(65)81(70-30-18-14-26-66(70)79)57-37-43-63-64-44-38-58(50-78(64)85(5,6)77(63)49-57)82-71-31-19-15-27-67(71)80(68-28-16-20-32-72(68)82)56-36-42-62-60-40-34-54(52-23-11-8-12-24-52)46-74(60)84(3,4)76(62)48-56/h7-50H,1-6H3. The lowest BCUT2D eigenvalue weighted by molar-refractivity contribution is 0.660. The summed E-state index contributed by atoms with van der Waals surface area (Å²) in [6, 6.07) is 101. The molecular weight excluding hydrogens is 1020 g/mol. The molecule has 3 aliphatic rings. The van der Waals surface area contributed by atoms with Crippen molar-refractivity contribution in [2.75, 3.05) is 0 Å². The van der Waals surface area contributed by atoms with Crippen molar-refractivity contribution in [2.45, 2.75) is 57.8 Å². The quantitative estimate of drug-likeness (QED) is 0.146. The summed E-state index contributed by atoms with van der Waals surface area (Å²) < 4.78 is 0. The van der Waals surface area contributed by atoms with E-state index in [0.29, 0.717) is 0 Å². The molecule has 0 radical (unpaired) electrons. The smallest absolute Gasteiger partial charge is 0.0159 e. The van der Waals surface area contributed by atoms with Gasteiger partial charge in [0.05, 0.1) is 0 Å². The van der Waals surface area contributed by atoms with E-state index in [2.05, 4.69) is 308 Å². The van der Waals surface area contributed by atoms with E-state index in [-0.39, 0.29) is 16.2 Å². The first-order valence-corrected chi connectivity index (χ1v) is 30.3. The van der Waals surface area contributed by atoms with Crippen LogP contribution in [0, 0.1) is 0 Å². The molecule has 0 saturated heterocycles. The Hall–Kier alpha value is -9.88. The van der Waals surface area contributed by atoms with E-state index in [1.165, 1.54) is 177 Å². The number of benzene rings is 14. The minimum Gasteiger partial charge on any atom is -0.0622 e. The molecule has 14 aromatic rings. The van der Waals surface area contributed by atoms with Crippen molar-refractivity contribution in [1.29, 1.82) is 0 Å². The molecule has 0 saturated carbocycles. The molecular formula is C85H62. The molecule has 0 fully saturated rings. The molecule has 0 N–H and O–H groups in total. The molecule has 85 heavy (non-hydrogen) atoms. The van der Waals surface area contributed by atoms with Gasteiger partial charge in [0.2, 0.25) is 0 Å². The zero-order valence-corrected chi connectivity index (χ0v) is 48.9. The van der Waals surface area contributed by atoms with Gasteiger partial charge in [-0.05, 0) is 213 Å². The van der Waals surface area contributed by atoms with Crippen LogP contribution in [-0.4, -0.2) is 0 Å². The molecule has 0 aliphatic heterocycles. The van der Waals surface area contributed by atoms with Crippen LogP contribution >= 0.6 is 0 Å². The second kappa shape index (κ2) is 18.1. The zero-order chi connectivity index (χ0) is 57.1. The normalized spacial score (nSPS) is 14.5. The van der Waals surface area contributed by atoms with Crippen LogP contribution in [0.15, 0.2) is 267 Å². The SMILES string of the molecule is CC1(C)c2cc(-c3ccccc3)ccc2-c2ccc(-c3c4ccccc4c(-c4ccc5c(c4)C(C)(C)c4cc(-c6c7ccccc7c(-c7ccc8c(c7)C(C)(C)c7cc(-c9ccccc9)ccc7-8)c7ccccc67)ccc4-5)c4ccccc34)cc21. The fourth-order valence-electron chi connectivity index (χ4n) is 16.0. The van der Waals surface area contributed by atoms with Gasteiger partial charge in [-0.25, -0.2) is 0 Å². The summed E-state index contributed by atoms with van der Waals surface area (Å²) in [4.78, 5) is 0. The van der Waals surface area contributed by atoms with Crippen molar-refractivity contribution in [3.8, 4) is 100 Å². The lowest BCUT2D eigenvalue weighted by Crippen LogP contribution is -2.15. The van der Waals surface area contributed by atoms with E-state index >= 15 is 0 Å². The largest absolute Gasteiger partial charge is 0.0622 e. The lowest BCUT2D eigenvalue weighted by Gasteiger charge is -2.25.